The minimum Gasteiger partial charge on any atom is -0.453 e. The normalized spacial score (nSPS) is 19.3. The summed E-state index contributed by atoms with van der Waals surface area (Å²) in [5, 5.41) is 0. The molecule has 1 saturated carbocycles. The second-order valence-corrected chi connectivity index (χ2v) is 7.44. The van der Waals surface area contributed by atoms with Crippen LogP contribution in [0.1, 0.15) is 36.4 Å². The topological polar surface area (TPSA) is 34.2 Å². The lowest BCUT2D eigenvalue weighted by Gasteiger charge is -2.40. The number of hydrogen-bond donors (Lipinski definition) is 0. The molecule has 1 aliphatic carbocycles. The molecular formula is C18H18BrN3O. The Morgan fingerprint density at radius 3 is 2.70 bits per heavy atom. The number of furan rings is 1. The average molecular weight is 372 g/mol. The molecule has 0 bridgehead atoms. The molecule has 1 aromatic carbocycles. The van der Waals surface area contributed by atoms with Crippen LogP contribution in [-0.4, -0.2) is 27.5 Å². The van der Waals surface area contributed by atoms with Crippen LogP contribution in [0.2, 0.25) is 0 Å². The van der Waals surface area contributed by atoms with E-state index in [2.05, 4.69) is 49.7 Å². The second kappa shape index (κ2) is 5.21. The predicted octanol–water partition coefficient (Wildman–Crippen LogP) is 4.33. The van der Waals surface area contributed by atoms with E-state index in [1.807, 2.05) is 12.1 Å². The van der Waals surface area contributed by atoms with Crippen LogP contribution >= 0.6 is 15.9 Å². The highest BCUT2D eigenvalue weighted by molar-refractivity contribution is 9.10. The van der Waals surface area contributed by atoms with Gasteiger partial charge < -0.3 is 8.98 Å². The third kappa shape index (κ3) is 2.42. The summed E-state index contributed by atoms with van der Waals surface area (Å²) in [6, 6.07) is 13.1. The molecule has 0 amide bonds. The highest BCUT2D eigenvalue weighted by Crippen LogP contribution is 2.43. The molecule has 5 rings (SSSR count). The first-order chi connectivity index (χ1) is 11.3. The zero-order valence-electron chi connectivity index (χ0n) is 12.8. The zero-order chi connectivity index (χ0) is 15.4. The van der Waals surface area contributed by atoms with Crippen LogP contribution in [0.25, 0.3) is 11.0 Å². The zero-order valence-corrected chi connectivity index (χ0v) is 14.4. The van der Waals surface area contributed by atoms with Crippen LogP contribution in [0.4, 0.5) is 0 Å². The Morgan fingerprint density at radius 1 is 1.13 bits per heavy atom. The summed E-state index contributed by atoms with van der Waals surface area (Å²) in [6.45, 7) is 3.02. The van der Waals surface area contributed by atoms with Gasteiger partial charge in [0.25, 0.3) is 0 Å². The van der Waals surface area contributed by atoms with Crippen LogP contribution in [0.5, 0.6) is 0 Å². The number of likely N-dealkylation sites (tertiary alicyclic amines) is 1. The largest absolute Gasteiger partial charge is 0.453 e. The molecule has 0 spiro atoms. The molecule has 3 heterocycles. The highest BCUT2D eigenvalue weighted by Gasteiger charge is 2.36. The summed E-state index contributed by atoms with van der Waals surface area (Å²) < 4.78 is 8.92. The lowest BCUT2D eigenvalue weighted by molar-refractivity contribution is 0.0911. The van der Waals surface area contributed by atoms with Crippen LogP contribution in [-0.2, 0) is 6.54 Å². The van der Waals surface area contributed by atoms with Gasteiger partial charge in [0.05, 0.1) is 23.6 Å². The Labute approximate surface area is 143 Å². The molecular weight excluding hydrogens is 354 g/mol. The lowest BCUT2D eigenvalue weighted by Crippen LogP contribution is -2.47. The molecule has 4 nitrogen and oxygen atoms in total. The Kier molecular flexibility index (Phi) is 3.13. The van der Waals surface area contributed by atoms with Crippen molar-refractivity contribution in [2.24, 2.45) is 0 Å². The molecule has 118 valence electrons. The van der Waals surface area contributed by atoms with E-state index < -0.39 is 0 Å². The molecule has 2 fully saturated rings. The van der Waals surface area contributed by atoms with Crippen LogP contribution in [0.15, 0.2) is 45.5 Å². The van der Waals surface area contributed by atoms with E-state index in [4.69, 9.17) is 9.40 Å². The average Bonchev–Trinajstić information content (AvgIpc) is 3.17. The number of rotatable bonds is 4. The van der Waals surface area contributed by atoms with E-state index in [-0.39, 0.29) is 0 Å². The Balaban J connectivity index is 1.38. The summed E-state index contributed by atoms with van der Waals surface area (Å²) >= 11 is 3.37. The standard InChI is InChI=1S/C18H18BrN3O/c19-17-8-7-14(23-17)11-21-9-13(10-21)22-16-4-2-1-3-15(16)20-18(22)12-5-6-12/h1-4,7-8,12-13H,5-6,9-11H2. The summed E-state index contributed by atoms with van der Waals surface area (Å²) in [6.07, 6.45) is 2.58. The van der Waals surface area contributed by atoms with Crippen molar-refractivity contribution < 1.29 is 4.42 Å². The Hall–Kier alpha value is -1.59. The lowest BCUT2D eigenvalue weighted by atomic mass is 10.1. The van der Waals surface area contributed by atoms with Gasteiger partial charge in [-0.05, 0) is 53.0 Å². The van der Waals surface area contributed by atoms with Crippen molar-refractivity contribution in [1.29, 1.82) is 0 Å². The van der Waals surface area contributed by atoms with Crippen molar-refractivity contribution in [3.05, 3.63) is 52.7 Å². The maximum absolute atomic E-state index is 5.61. The van der Waals surface area contributed by atoms with Gasteiger partial charge in [-0.15, -0.1) is 0 Å². The maximum Gasteiger partial charge on any atom is 0.169 e. The van der Waals surface area contributed by atoms with Crippen molar-refractivity contribution in [2.75, 3.05) is 13.1 Å². The molecule has 23 heavy (non-hydrogen) atoms. The maximum atomic E-state index is 5.61. The van der Waals surface area contributed by atoms with E-state index >= 15 is 0 Å². The molecule has 1 aliphatic heterocycles. The Bertz CT molecular complexity index is 858. The van der Waals surface area contributed by atoms with Gasteiger partial charge >= 0.3 is 0 Å². The van der Waals surface area contributed by atoms with Crippen LogP contribution in [0, 0.1) is 0 Å². The number of halogens is 1. The van der Waals surface area contributed by atoms with Gasteiger partial charge in [0.1, 0.15) is 11.6 Å². The number of para-hydroxylation sites is 2. The molecule has 5 heteroatoms. The predicted molar refractivity (Wildman–Crippen MR) is 92.4 cm³/mol. The fourth-order valence-corrected chi connectivity index (χ4v) is 3.91. The third-order valence-corrected chi connectivity index (χ3v) is 5.30. The van der Waals surface area contributed by atoms with E-state index in [1.165, 1.54) is 24.2 Å². The SMILES string of the molecule is Brc1ccc(CN2CC(n3c(C4CC4)nc4ccccc43)C2)o1. The van der Waals surface area contributed by atoms with Gasteiger partial charge in [-0.1, -0.05) is 12.1 Å². The molecule has 2 aromatic heterocycles. The minimum absolute atomic E-state index is 0.538. The van der Waals surface area contributed by atoms with Gasteiger partial charge in [-0.3, -0.25) is 4.90 Å². The van der Waals surface area contributed by atoms with Crippen LogP contribution < -0.4 is 0 Å². The molecule has 1 saturated heterocycles. The fourth-order valence-electron chi connectivity index (χ4n) is 3.57. The number of benzene rings is 1. The molecule has 0 unspecified atom stereocenters. The van der Waals surface area contributed by atoms with Crippen molar-refractivity contribution in [3.63, 3.8) is 0 Å². The van der Waals surface area contributed by atoms with Crippen molar-refractivity contribution in [1.82, 2.24) is 14.5 Å². The van der Waals surface area contributed by atoms with E-state index in [0.29, 0.717) is 12.0 Å². The van der Waals surface area contributed by atoms with E-state index in [0.717, 1.165) is 35.6 Å². The van der Waals surface area contributed by atoms with Gasteiger partial charge in [-0.2, -0.15) is 0 Å². The van der Waals surface area contributed by atoms with Crippen molar-refractivity contribution in [3.8, 4) is 0 Å². The van der Waals surface area contributed by atoms with Crippen molar-refractivity contribution >= 4 is 27.0 Å². The van der Waals surface area contributed by atoms with Crippen LogP contribution in [0.3, 0.4) is 0 Å². The second-order valence-electron chi connectivity index (χ2n) is 6.66. The highest BCUT2D eigenvalue weighted by atomic mass is 79.9. The van der Waals surface area contributed by atoms with E-state index in [9.17, 15) is 0 Å². The number of imidazole rings is 1. The summed E-state index contributed by atoms with van der Waals surface area (Å²) in [5.74, 6) is 3.00. The first-order valence-corrected chi connectivity index (χ1v) is 9.00. The number of aromatic nitrogens is 2. The molecule has 0 N–H and O–H groups in total. The van der Waals surface area contributed by atoms with Crippen molar-refractivity contribution in [2.45, 2.75) is 31.3 Å². The van der Waals surface area contributed by atoms with Gasteiger partial charge in [0.15, 0.2) is 4.67 Å². The number of fused-ring (bicyclic) bond motifs is 1. The van der Waals surface area contributed by atoms with Gasteiger partial charge in [0, 0.05) is 19.0 Å². The molecule has 3 aromatic rings. The van der Waals surface area contributed by atoms with Gasteiger partial charge in [0.2, 0.25) is 0 Å². The molecule has 0 radical (unpaired) electrons. The first kappa shape index (κ1) is 13.8. The van der Waals surface area contributed by atoms with E-state index in [1.54, 1.807) is 0 Å². The van der Waals surface area contributed by atoms with Gasteiger partial charge in [-0.25, -0.2) is 4.98 Å². The fraction of sp³-hybridized carbons (Fsp3) is 0.389. The Morgan fingerprint density at radius 2 is 1.96 bits per heavy atom. The first-order valence-electron chi connectivity index (χ1n) is 8.21. The summed E-state index contributed by atoms with van der Waals surface area (Å²) in [5.41, 5.74) is 2.43. The molecule has 0 atom stereocenters. The number of hydrogen-bond acceptors (Lipinski definition) is 3. The molecule has 2 aliphatic rings. The minimum atomic E-state index is 0.538. The monoisotopic (exact) mass is 371 g/mol. The number of nitrogens with zero attached hydrogens (tertiary/aromatic N) is 3. The quantitative estimate of drug-likeness (QED) is 0.684. The summed E-state index contributed by atoms with van der Waals surface area (Å²) in [4.78, 5) is 7.34. The smallest absolute Gasteiger partial charge is 0.169 e. The third-order valence-electron chi connectivity index (χ3n) is 4.88. The summed E-state index contributed by atoms with van der Waals surface area (Å²) in [7, 11) is 0.